The van der Waals surface area contributed by atoms with Crippen LogP contribution in [0.1, 0.15) is 12.0 Å². The molecule has 2 atom stereocenters. The second-order valence-corrected chi connectivity index (χ2v) is 8.29. The highest BCUT2D eigenvalue weighted by Crippen LogP contribution is 2.17. The molecule has 0 bridgehead atoms. The highest BCUT2D eigenvalue weighted by atomic mass is 32.2. The molecule has 2 rings (SSSR count). The molecule has 23 heavy (non-hydrogen) atoms. The summed E-state index contributed by atoms with van der Waals surface area (Å²) in [5.41, 5.74) is 1.04. The molecular weight excluding hydrogens is 320 g/mol. The molecule has 9 heteroatoms. The van der Waals surface area contributed by atoms with Gasteiger partial charge in [-0.1, -0.05) is 0 Å². The van der Waals surface area contributed by atoms with Crippen molar-refractivity contribution in [2.45, 2.75) is 25.9 Å². The zero-order valence-corrected chi connectivity index (χ0v) is 14.5. The van der Waals surface area contributed by atoms with E-state index in [-0.39, 0.29) is 23.6 Å². The third-order valence-corrected chi connectivity index (χ3v) is 5.82. The topological polar surface area (TPSA) is 93.5 Å². The van der Waals surface area contributed by atoms with E-state index >= 15 is 0 Å². The van der Waals surface area contributed by atoms with Crippen LogP contribution in [0.5, 0.6) is 0 Å². The maximum atomic E-state index is 12.1. The Morgan fingerprint density at radius 1 is 1.48 bits per heavy atom. The quantitative estimate of drug-likeness (QED) is 0.727. The van der Waals surface area contributed by atoms with Crippen LogP contribution in [0.25, 0.3) is 0 Å². The summed E-state index contributed by atoms with van der Waals surface area (Å²) in [7, 11) is -0.305. The largest absolute Gasteiger partial charge is 0.379 e. The number of nitrogens with one attached hydrogen (secondary N) is 1. The normalized spacial score (nSPS) is 21.7. The molecule has 0 unspecified atom stereocenters. The molecule has 130 valence electrons. The zero-order valence-electron chi connectivity index (χ0n) is 13.7. The molecule has 1 saturated heterocycles. The summed E-state index contributed by atoms with van der Waals surface area (Å²) in [5.74, 6) is -0.372. The van der Waals surface area contributed by atoms with Crippen LogP contribution in [0, 0.1) is 12.8 Å². The van der Waals surface area contributed by atoms with Crippen molar-refractivity contribution < 1.29 is 17.9 Å². The summed E-state index contributed by atoms with van der Waals surface area (Å²) in [5, 5.41) is 7.01. The van der Waals surface area contributed by atoms with E-state index < -0.39 is 10.0 Å². The smallest absolute Gasteiger partial charge is 0.222 e. The van der Waals surface area contributed by atoms with E-state index in [4.69, 9.17) is 4.74 Å². The van der Waals surface area contributed by atoms with Gasteiger partial charge in [0.15, 0.2) is 0 Å². The fourth-order valence-electron chi connectivity index (χ4n) is 2.43. The number of ether oxygens (including phenoxy) is 1. The molecule has 0 aliphatic carbocycles. The molecule has 1 aromatic rings. The first-order chi connectivity index (χ1) is 10.8. The second-order valence-electron chi connectivity index (χ2n) is 6.06. The highest BCUT2D eigenvalue weighted by Gasteiger charge is 2.33. The van der Waals surface area contributed by atoms with Crippen LogP contribution < -0.4 is 5.32 Å². The number of carbonyl (C=O) groups excluding carboxylic acids is 1. The van der Waals surface area contributed by atoms with Gasteiger partial charge in [-0.2, -0.15) is 5.10 Å². The third-order valence-electron chi connectivity index (χ3n) is 3.86. The molecule has 0 spiro atoms. The van der Waals surface area contributed by atoms with Crippen LogP contribution >= 0.6 is 0 Å². The number of hydrogen-bond donors (Lipinski definition) is 1. The van der Waals surface area contributed by atoms with Crippen molar-refractivity contribution in [3.63, 3.8) is 0 Å². The van der Waals surface area contributed by atoms with Gasteiger partial charge < -0.3 is 10.1 Å². The SMILES string of the molecule is Cc1cnn(CCC(=O)N[C@@H]2COC[C@H]2CS(=O)(=O)N(C)C)c1. The minimum absolute atomic E-state index is 0.0245. The van der Waals surface area contributed by atoms with Gasteiger partial charge in [0.25, 0.3) is 0 Å². The molecule has 1 aliphatic heterocycles. The van der Waals surface area contributed by atoms with Gasteiger partial charge in [0.2, 0.25) is 15.9 Å². The van der Waals surface area contributed by atoms with Crippen molar-refractivity contribution in [3.8, 4) is 0 Å². The van der Waals surface area contributed by atoms with Gasteiger partial charge in [0.1, 0.15) is 0 Å². The lowest BCUT2D eigenvalue weighted by Crippen LogP contribution is -2.43. The van der Waals surface area contributed by atoms with Gasteiger partial charge in [-0.05, 0) is 12.5 Å². The molecule has 1 aliphatic rings. The summed E-state index contributed by atoms with van der Waals surface area (Å²) in [6, 6.07) is -0.267. The van der Waals surface area contributed by atoms with Crippen molar-refractivity contribution in [1.82, 2.24) is 19.4 Å². The summed E-state index contributed by atoms with van der Waals surface area (Å²) in [4.78, 5) is 12.1. The number of aromatic nitrogens is 2. The lowest BCUT2D eigenvalue weighted by molar-refractivity contribution is -0.122. The van der Waals surface area contributed by atoms with Gasteiger partial charge in [-0.25, -0.2) is 12.7 Å². The molecule has 0 radical (unpaired) electrons. The fraction of sp³-hybridized carbons (Fsp3) is 0.714. The summed E-state index contributed by atoms with van der Waals surface area (Å²) in [6.07, 6.45) is 3.91. The van der Waals surface area contributed by atoms with E-state index in [1.54, 1.807) is 10.9 Å². The monoisotopic (exact) mass is 344 g/mol. The van der Waals surface area contributed by atoms with Crippen LogP contribution in [0.3, 0.4) is 0 Å². The van der Waals surface area contributed by atoms with E-state index in [1.807, 2.05) is 13.1 Å². The van der Waals surface area contributed by atoms with Crippen LogP contribution in [0.15, 0.2) is 12.4 Å². The van der Waals surface area contributed by atoms with Crippen molar-refractivity contribution in [1.29, 1.82) is 0 Å². The molecule has 1 fully saturated rings. The fourth-order valence-corrected chi connectivity index (χ4v) is 3.59. The average Bonchev–Trinajstić information content (AvgIpc) is 3.06. The number of hydrogen-bond acceptors (Lipinski definition) is 5. The molecule has 0 aromatic carbocycles. The first-order valence-electron chi connectivity index (χ1n) is 7.54. The van der Waals surface area contributed by atoms with E-state index in [0.29, 0.717) is 26.2 Å². The predicted octanol–water partition coefficient (Wildman–Crippen LogP) is -0.396. The van der Waals surface area contributed by atoms with Gasteiger partial charge in [-0.15, -0.1) is 0 Å². The number of amides is 1. The van der Waals surface area contributed by atoms with Gasteiger partial charge >= 0.3 is 0 Å². The molecule has 1 amide bonds. The number of aryl methyl sites for hydroxylation is 2. The Balaban J connectivity index is 1.84. The average molecular weight is 344 g/mol. The number of carbonyl (C=O) groups is 1. The van der Waals surface area contributed by atoms with Gasteiger partial charge in [0, 0.05) is 39.2 Å². The standard InChI is InChI=1S/C14H24N4O4S/c1-11-6-15-18(7-11)5-4-14(19)16-13-9-22-8-12(13)10-23(20,21)17(2)3/h6-7,12-13H,4-5,8-10H2,1-3H3,(H,16,19)/t12-,13+/m0/s1. The molecule has 1 N–H and O–H groups in total. The Morgan fingerprint density at radius 2 is 2.22 bits per heavy atom. The maximum absolute atomic E-state index is 12.1. The second kappa shape index (κ2) is 7.41. The molecular formula is C14H24N4O4S. The molecule has 0 saturated carbocycles. The van der Waals surface area contributed by atoms with E-state index in [1.165, 1.54) is 18.4 Å². The van der Waals surface area contributed by atoms with Crippen LogP contribution in [0.2, 0.25) is 0 Å². The zero-order chi connectivity index (χ0) is 17.0. The summed E-state index contributed by atoms with van der Waals surface area (Å²) in [6.45, 7) is 3.12. The van der Waals surface area contributed by atoms with E-state index in [2.05, 4.69) is 10.4 Å². The minimum atomic E-state index is -3.31. The summed E-state index contributed by atoms with van der Waals surface area (Å²) >= 11 is 0. The van der Waals surface area contributed by atoms with Crippen molar-refractivity contribution in [2.75, 3.05) is 33.1 Å². The Morgan fingerprint density at radius 3 is 2.83 bits per heavy atom. The minimum Gasteiger partial charge on any atom is -0.379 e. The van der Waals surface area contributed by atoms with Crippen LogP contribution in [-0.4, -0.2) is 67.5 Å². The lowest BCUT2D eigenvalue weighted by atomic mass is 10.1. The lowest BCUT2D eigenvalue weighted by Gasteiger charge is -2.21. The molecule has 8 nitrogen and oxygen atoms in total. The third kappa shape index (κ3) is 5.02. The first-order valence-corrected chi connectivity index (χ1v) is 9.15. The predicted molar refractivity (Wildman–Crippen MR) is 85.3 cm³/mol. The Bertz CT molecular complexity index is 641. The highest BCUT2D eigenvalue weighted by molar-refractivity contribution is 7.89. The van der Waals surface area contributed by atoms with Crippen molar-refractivity contribution >= 4 is 15.9 Å². The molecule has 1 aromatic heterocycles. The number of sulfonamides is 1. The molecule has 2 heterocycles. The van der Waals surface area contributed by atoms with Crippen LogP contribution in [0.4, 0.5) is 0 Å². The maximum Gasteiger partial charge on any atom is 0.222 e. The van der Waals surface area contributed by atoms with Crippen molar-refractivity contribution in [3.05, 3.63) is 18.0 Å². The van der Waals surface area contributed by atoms with E-state index in [9.17, 15) is 13.2 Å². The first kappa shape index (κ1) is 17.9. The Kier molecular flexibility index (Phi) is 5.77. The van der Waals surface area contributed by atoms with Crippen molar-refractivity contribution in [2.24, 2.45) is 5.92 Å². The number of nitrogens with zero attached hydrogens (tertiary/aromatic N) is 3. The Hall–Kier alpha value is -1.45. The Labute approximate surface area is 136 Å². The van der Waals surface area contributed by atoms with E-state index in [0.717, 1.165) is 5.56 Å². The van der Waals surface area contributed by atoms with Gasteiger partial charge in [-0.3, -0.25) is 9.48 Å². The van der Waals surface area contributed by atoms with Gasteiger partial charge in [0.05, 0.1) is 31.2 Å². The van der Waals surface area contributed by atoms with Crippen LogP contribution in [-0.2, 0) is 26.1 Å². The number of rotatable bonds is 7. The summed E-state index contributed by atoms with van der Waals surface area (Å²) < 4.78 is 32.2.